The van der Waals surface area contributed by atoms with Crippen molar-refractivity contribution >= 4 is 11.9 Å². The highest BCUT2D eigenvalue weighted by Gasteiger charge is 2.45. The molecule has 0 heterocycles. The first-order valence-electron chi connectivity index (χ1n) is 8.01. The van der Waals surface area contributed by atoms with E-state index in [0.717, 1.165) is 25.0 Å². The SMILES string of the molecule is C=CCCC(NC(=O)C1(c2ccc(F)cc2F)CCCC1)C(=O)O. The van der Waals surface area contributed by atoms with Gasteiger partial charge in [0.1, 0.15) is 17.7 Å². The number of halogens is 2. The summed E-state index contributed by atoms with van der Waals surface area (Å²) in [5.74, 6) is -3.14. The quantitative estimate of drug-likeness (QED) is 0.750. The lowest BCUT2D eigenvalue weighted by Crippen LogP contribution is -2.50. The van der Waals surface area contributed by atoms with Gasteiger partial charge in [-0.25, -0.2) is 13.6 Å². The van der Waals surface area contributed by atoms with Gasteiger partial charge in [0.15, 0.2) is 0 Å². The highest BCUT2D eigenvalue weighted by Crippen LogP contribution is 2.42. The Morgan fingerprint density at radius 3 is 2.54 bits per heavy atom. The van der Waals surface area contributed by atoms with Gasteiger partial charge >= 0.3 is 5.97 Å². The standard InChI is InChI=1S/C18H21F2NO3/c1-2-3-6-15(16(22)23)21-17(24)18(9-4-5-10-18)13-8-7-12(19)11-14(13)20/h2,7-8,11,15H,1,3-6,9-10H2,(H,21,24)(H,22,23). The molecule has 0 bridgehead atoms. The maximum absolute atomic E-state index is 14.3. The molecule has 1 amide bonds. The molecule has 1 aromatic carbocycles. The van der Waals surface area contributed by atoms with Crippen molar-refractivity contribution in [1.82, 2.24) is 5.32 Å². The molecule has 4 nitrogen and oxygen atoms in total. The van der Waals surface area contributed by atoms with Crippen molar-refractivity contribution in [2.24, 2.45) is 0 Å². The van der Waals surface area contributed by atoms with Crippen LogP contribution in [0.25, 0.3) is 0 Å². The Labute approximate surface area is 139 Å². The molecule has 1 atom stereocenters. The van der Waals surface area contributed by atoms with E-state index in [4.69, 9.17) is 0 Å². The van der Waals surface area contributed by atoms with Crippen molar-refractivity contribution in [1.29, 1.82) is 0 Å². The van der Waals surface area contributed by atoms with Gasteiger partial charge in [0, 0.05) is 11.6 Å². The summed E-state index contributed by atoms with van der Waals surface area (Å²) in [6, 6.07) is 2.11. The van der Waals surface area contributed by atoms with Crippen LogP contribution < -0.4 is 5.32 Å². The molecule has 24 heavy (non-hydrogen) atoms. The summed E-state index contributed by atoms with van der Waals surface area (Å²) in [4.78, 5) is 24.2. The van der Waals surface area contributed by atoms with Gasteiger partial charge in [0.25, 0.3) is 0 Å². The predicted octanol–water partition coefficient (Wildman–Crippen LogP) is 3.31. The maximum atomic E-state index is 14.3. The van der Waals surface area contributed by atoms with E-state index in [9.17, 15) is 23.5 Å². The first-order chi connectivity index (χ1) is 11.4. The van der Waals surface area contributed by atoms with Gasteiger partial charge in [0.05, 0.1) is 5.41 Å². The first-order valence-corrected chi connectivity index (χ1v) is 8.01. The van der Waals surface area contributed by atoms with Gasteiger partial charge in [-0.3, -0.25) is 4.79 Å². The molecule has 1 aliphatic carbocycles. The van der Waals surface area contributed by atoms with Gasteiger partial charge in [0.2, 0.25) is 5.91 Å². The summed E-state index contributed by atoms with van der Waals surface area (Å²) in [7, 11) is 0. The molecule has 1 unspecified atom stereocenters. The zero-order valence-electron chi connectivity index (χ0n) is 13.4. The van der Waals surface area contributed by atoms with Crippen molar-refractivity contribution in [3.63, 3.8) is 0 Å². The Bertz CT molecular complexity index is 639. The second kappa shape index (κ2) is 7.55. The number of carboxylic acid groups (broad SMARTS) is 1. The summed E-state index contributed by atoms with van der Waals surface area (Å²) in [5, 5.41) is 11.8. The first kappa shape index (κ1) is 18.1. The van der Waals surface area contributed by atoms with Gasteiger partial charge in [-0.2, -0.15) is 0 Å². The molecule has 1 aliphatic rings. The van der Waals surface area contributed by atoms with Gasteiger partial charge in [-0.15, -0.1) is 6.58 Å². The highest BCUT2D eigenvalue weighted by molar-refractivity contribution is 5.91. The van der Waals surface area contributed by atoms with Crippen molar-refractivity contribution in [2.45, 2.75) is 50.0 Å². The number of aliphatic carboxylic acids is 1. The van der Waals surface area contributed by atoms with E-state index in [0.29, 0.717) is 19.3 Å². The molecule has 130 valence electrons. The summed E-state index contributed by atoms with van der Waals surface area (Å²) < 4.78 is 27.4. The Kier molecular flexibility index (Phi) is 5.70. The van der Waals surface area contributed by atoms with Crippen LogP contribution in [0.2, 0.25) is 0 Å². The summed E-state index contributed by atoms with van der Waals surface area (Å²) in [6.45, 7) is 3.54. The summed E-state index contributed by atoms with van der Waals surface area (Å²) >= 11 is 0. The largest absolute Gasteiger partial charge is 0.480 e. The lowest BCUT2D eigenvalue weighted by molar-refractivity contribution is -0.143. The van der Waals surface area contributed by atoms with Crippen molar-refractivity contribution in [2.75, 3.05) is 0 Å². The number of allylic oxidation sites excluding steroid dienone is 1. The van der Waals surface area contributed by atoms with Crippen LogP contribution in [-0.4, -0.2) is 23.0 Å². The van der Waals surface area contributed by atoms with Crippen LogP contribution in [0, 0.1) is 11.6 Å². The van der Waals surface area contributed by atoms with Crippen LogP contribution >= 0.6 is 0 Å². The highest BCUT2D eigenvalue weighted by atomic mass is 19.1. The minimum absolute atomic E-state index is 0.131. The molecule has 1 saturated carbocycles. The minimum Gasteiger partial charge on any atom is -0.480 e. The predicted molar refractivity (Wildman–Crippen MR) is 85.5 cm³/mol. The topological polar surface area (TPSA) is 66.4 Å². The van der Waals surface area contributed by atoms with E-state index in [2.05, 4.69) is 11.9 Å². The average molecular weight is 337 g/mol. The number of hydrogen-bond donors (Lipinski definition) is 2. The van der Waals surface area contributed by atoms with E-state index in [1.165, 1.54) is 6.07 Å². The van der Waals surface area contributed by atoms with Crippen LogP contribution in [0.3, 0.4) is 0 Å². The van der Waals surface area contributed by atoms with E-state index in [1.54, 1.807) is 6.08 Å². The molecular formula is C18H21F2NO3. The zero-order valence-corrected chi connectivity index (χ0v) is 13.4. The maximum Gasteiger partial charge on any atom is 0.326 e. The summed E-state index contributed by atoms with van der Waals surface area (Å²) in [5.41, 5.74) is -1.01. The average Bonchev–Trinajstić information content (AvgIpc) is 3.01. The summed E-state index contributed by atoms with van der Waals surface area (Å²) in [6.07, 6.45) is 4.52. The molecule has 1 aromatic rings. The third-order valence-corrected chi connectivity index (χ3v) is 4.60. The smallest absolute Gasteiger partial charge is 0.326 e. The number of carbonyl (C=O) groups is 2. The lowest BCUT2D eigenvalue weighted by Gasteiger charge is -2.30. The fourth-order valence-corrected chi connectivity index (χ4v) is 3.31. The molecule has 0 aromatic heterocycles. The van der Waals surface area contributed by atoms with E-state index < -0.39 is 35.0 Å². The van der Waals surface area contributed by atoms with Crippen LogP contribution in [0.5, 0.6) is 0 Å². The molecule has 0 radical (unpaired) electrons. The van der Waals surface area contributed by atoms with Crippen molar-refractivity contribution in [3.8, 4) is 0 Å². The second-order valence-corrected chi connectivity index (χ2v) is 6.14. The molecule has 0 spiro atoms. The Morgan fingerprint density at radius 1 is 1.33 bits per heavy atom. The number of carbonyl (C=O) groups excluding carboxylic acids is 1. The molecule has 6 heteroatoms. The Hall–Kier alpha value is -2.24. The fraction of sp³-hybridized carbons (Fsp3) is 0.444. The van der Waals surface area contributed by atoms with E-state index in [-0.39, 0.29) is 12.0 Å². The van der Waals surface area contributed by atoms with Crippen LogP contribution in [0.15, 0.2) is 30.9 Å². The molecular weight excluding hydrogens is 316 g/mol. The minimum atomic E-state index is -1.14. The van der Waals surface area contributed by atoms with Crippen LogP contribution in [0.1, 0.15) is 44.1 Å². The van der Waals surface area contributed by atoms with Crippen LogP contribution in [0.4, 0.5) is 8.78 Å². The van der Waals surface area contributed by atoms with Gasteiger partial charge < -0.3 is 10.4 Å². The Morgan fingerprint density at radius 2 is 2.00 bits per heavy atom. The molecule has 0 saturated heterocycles. The molecule has 0 aliphatic heterocycles. The lowest BCUT2D eigenvalue weighted by atomic mass is 9.77. The number of benzene rings is 1. The van der Waals surface area contributed by atoms with E-state index >= 15 is 0 Å². The van der Waals surface area contributed by atoms with E-state index in [1.807, 2.05) is 0 Å². The van der Waals surface area contributed by atoms with Crippen molar-refractivity contribution < 1.29 is 23.5 Å². The third kappa shape index (κ3) is 3.63. The Balaban J connectivity index is 2.30. The number of amides is 1. The number of rotatable bonds is 7. The van der Waals surface area contributed by atoms with Gasteiger partial charge in [-0.1, -0.05) is 25.0 Å². The molecule has 2 N–H and O–H groups in total. The van der Waals surface area contributed by atoms with Crippen molar-refractivity contribution in [3.05, 3.63) is 48.1 Å². The van der Waals surface area contributed by atoms with Crippen LogP contribution in [-0.2, 0) is 15.0 Å². The van der Waals surface area contributed by atoms with Gasteiger partial charge in [-0.05, 0) is 31.7 Å². The fourth-order valence-electron chi connectivity index (χ4n) is 3.31. The molecule has 1 fully saturated rings. The second-order valence-electron chi connectivity index (χ2n) is 6.14. The molecule has 2 rings (SSSR count). The zero-order chi connectivity index (χ0) is 17.7. The third-order valence-electron chi connectivity index (χ3n) is 4.60. The number of carboxylic acids is 1. The number of hydrogen-bond acceptors (Lipinski definition) is 2. The monoisotopic (exact) mass is 337 g/mol. The number of nitrogens with one attached hydrogen (secondary N) is 1. The normalized spacial score (nSPS) is 17.2.